The highest BCUT2D eigenvalue weighted by molar-refractivity contribution is 5.91. The van der Waals surface area contributed by atoms with Crippen molar-refractivity contribution in [2.24, 2.45) is 5.92 Å². The molecule has 2 fully saturated rings. The van der Waals surface area contributed by atoms with Crippen LogP contribution in [0.1, 0.15) is 101 Å². The molecule has 1 aromatic heterocycles. The Balaban J connectivity index is 1.82. The van der Waals surface area contributed by atoms with Gasteiger partial charge in [-0.15, -0.1) is 5.10 Å². The average Bonchev–Trinajstić information content (AvgIpc) is 3.22. The van der Waals surface area contributed by atoms with Crippen LogP contribution in [0.15, 0.2) is 12.1 Å². The number of rotatable bonds is 4. The summed E-state index contributed by atoms with van der Waals surface area (Å²) in [5.74, 6) is 1.64. The van der Waals surface area contributed by atoms with E-state index >= 15 is 0 Å². The van der Waals surface area contributed by atoms with Crippen LogP contribution in [0.3, 0.4) is 0 Å². The van der Waals surface area contributed by atoms with E-state index < -0.39 is 0 Å². The summed E-state index contributed by atoms with van der Waals surface area (Å²) in [4.78, 5) is 20.1. The smallest absolute Gasteiger partial charge is 0.293 e. The van der Waals surface area contributed by atoms with E-state index in [0.29, 0.717) is 38.0 Å². The molecule has 0 N–H and O–H groups in total. The lowest BCUT2D eigenvalue weighted by molar-refractivity contribution is 0.0294. The van der Waals surface area contributed by atoms with Crippen LogP contribution in [0.25, 0.3) is 11.4 Å². The lowest BCUT2D eigenvalue weighted by Crippen LogP contribution is -2.41. The Hall–Kier alpha value is -2.21. The first-order valence-electron chi connectivity index (χ1n) is 13.4. The Morgan fingerprint density at radius 2 is 1.54 bits per heavy atom. The Morgan fingerprint density at radius 3 is 2.09 bits per heavy atom. The SMILES string of the molecule is Cc1c(C(C)(C)C)cc(-c2nc(C(=O)N3CCOCC3)nn2CC2CCCCC2)cc1C(C)(C)C. The maximum absolute atomic E-state index is 13.3. The molecule has 0 unspecified atom stereocenters. The summed E-state index contributed by atoms with van der Waals surface area (Å²) in [5.41, 5.74) is 5.06. The van der Waals surface area contributed by atoms with E-state index in [2.05, 4.69) is 60.6 Å². The topological polar surface area (TPSA) is 60.3 Å². The lowest BCUT2D eigenvalue weighted by Gasteiger charge is -2.30. The van der Waals surface area contributed by atoms with Crippen LogP contribution in [0.2, 0.25) is 0 Å². The normalized spacial score (nSPS) is 18.2. The number of ether oxygens (including phenoxy) is 1. The zero-order chi connectivity index (χ0) is 25.4. The van der Waals surface area contributed by atoms with Gasteiger partial charge in [-0.2, -0.15) is 0 Å². The third-order valence-corrected chi connectivity index (χ3v) is 7.60. The van der Waals surface area contributed by atoms with E-state index in [-0.39, 0.29) is 16.7 Å². The summed E-state index contributed by atoms with van der Waals surface area (Å²) >= 11 is 0. The monoisotopic (exact) mass is 480 g/mol. The van der Waals surface area contributed by atoms with Crippen molar-refractivity contribution >= 4 is 5.91 Å². The Morgan fingerprint density at radius 1 is 0.971 bits per heavy atom. The fraction of sp³-hybridized carbons (Fsp3) is 0.690. The molecule has 6 nitrogen and oxygen atoms in total. The molecule has 192 valence electrons. The Kier molecular flexibility index (Phi) is 7.42. The minimum Gasteiger partial charge on any atom is -0.378 e. The average molecular weight is 481 g/mol. The van der Waals surface area contributed by atoms with Crippen molar-refractivity contribution in [1.29, 1.82) is 0 Å². The molecule has 1 saturated heterocycles. The molecule has 1 aliphatic heterocycles. The zero-order valence-electron chi connectivity index (χ0n) is 22.9. The molecule has 35 heavy (non-hydrogen) atoms. The number of hydrogen-bond donors (Lipinski definition) is 0. The fourth-order valence-electron chi connectivity index (χ4n) is 5.70. The van der Waals surface area contributed by atoms with Gasteiger partial charge in [0.15, 0.2) is 5.82 Å². The second-order valence-corrected chi connectivity index (χ2v) is 12.5. The van der Waals surface area contributed by atoms with Crippen LogP contribution >= 0.6 is 0 Å². The van der Waals surface area contributed by atoms with Crippen LogP contribution in [0, 0.1) is 12.8 Å². The van der Waals surface area contributed by atoms with Crippen LogP contribution in [-0.4, -0.2) is 51.9 Å². The molecular weight excluding hydrogens is 436 g/mol. The number of amides is 1. The van der Waals surface area contributed by atoms with Gasteiger partial charge in [0.25, 0.3) is 5.91 Å². The largest absolute Gasteiger partial charge is 0.378 e. The van der Waals surface area contributed by atoms with E-state index in [0.717, 1.165) is 17.9 Å². The molecule has 0 radical (unpaired) electrons. The summed E-state index contributed by atoms with van der Waals surface area (Å²) in [6.45, 7) is 19.0. The minimum atomic E-state index is -0.0869. The van der Waals surface area contributed by atoms with Gasteiger partial charge in [0.2, 0.25) is 5.82 Å². The summed E-state index contributed by atoms with van der Waals surface area (Å²) in [6.07, 6.45) is 6.33. The summed E-state index contributed by atoms with van der Waals surface area (Å²) in [6, 6.07) is 4.57. The third kappa shape index (κ3) is 5.79. The summed E-state index contributed by atoms with van der Waals surface area (Å²) < 4.78 is 7.48. The maximum Gasteiger partial charge on any atom is 0.293 e. The predicted molar refractivity (Wildman–Crippen MR) is 141 cm³/mol. The first-order chi connectivity index (χ1) is 16.4. The molecular formula is C29H44N4O2. The Bertz CT molecular complexity index is 1010. The lowest BCUT2D eigenvalue weighted by atomic mass is 9.75. The van der Waals surface area contributed by atoms with Crippen molar-refractivity contribution in [3.63, 3.8) is 0 Å². The molecule has 2 heterocycles. The number of carbonyl (C=O) groups is 1. The standard InChI is InChI=1S/C29H44N4O2/c1-20-23(28(2,3)4)17-22(18-24(20)29(5,6)7)26-30-25(27(34)32-13-15-35-16-14-32)31-33(26)19-21-11-9-8-10-12-21/h17-18,21H,8-16,19H2,1-7H3. The van der Waals surface area contributed by atoms with Crippen molar-refractivity contribution in [2.45, 2.75) is 97.9 Å². The highest BCUT2D eigenvalue weighted by atomic mass is 16.5. The molecule has 0 atom stereocenters. The van der Waals surface area contributed by atoms with Crippen molar-refractivity contribution in [2.75, 3.05) is 26.3 Å². The molecule has 0 bridgehead atoms. The van der Waals surface area contributed by atoms with Gasteiger partial charge in [-0.25, -0.2) is 9.67 Å². The molecule has 1 amide bonds. The van der Waals surface area contributed by atoms with E-state index in [4.69, 9.17) is 14.8 Å². The predicted octanol–water partition coefficient (Wildman–Crippen LogP) is 5.90. The highest BCUT2D eigenvalue weighted by Crippen LogP contribution is 2.37. The van der Waals surface area contributed by atoms with Gasteiger partial charge in [-0.3, -0.25) is 4.79 Å². The quantitative estimate of drug-likeness (QED) is 0.546. The van der Waals surface area contributed by atoms with Crippen LogP contribution in [0.4, 0.5) is 0 Å². The maximum atomic E-state index is 13.3. The summed E-state index contributed by atoms with van der Waals surface area (Å²) in [7, 11) is 0. The van der Waals surface area contributed by atoms with Gasteiger partial charge >= 0.3 is 0 Å². The first kappa shape index (κ1) is 25.9. The molecule has 4 rings (SSSR count). The molecule has 1 aliphatic carbocycles. The number of benzene rings is 1. The minimum absolute atomic E-state index is 0.000759. The van der Waals surface area contributed by atoms with Gasteiger partial charge in [0.1, 0.15) is 0 Å². The van der Waals surface area contributed by atoms with Gasteiger partial charge in [-0.05, 0) is 65.3 Å². The Labute approximate surface area is 211 Å². The first-order valence-corrected chi connectivity index (χ1v) is 13.4. The number of hydrogen-bond acceptors (Lipinski definition) is 4. The van der Waals surface area contributed by atoms with Gasteiger partial charge in [0.05, 0.1) is 13.2 Å². The second-order valence-electron chi connectivity index (χ2n) is 12.5. The van der Waals surface area contributed by atoms with Gasteiger partial charge in [-0.1, -0.05) is 60.8 Å². The number of morpholine rings is 1. The van der Waals surface area contributed by atoms with Crippen LogP contribution in [-0.2, 0) is 22.1 Å². The fourth-order valence-corrected chi connectivity index (χ4v) is 5.70. The van der Waals surface area contributed by atoms with Crippen molar-refractivity contribution in [3.05, 3.63) is 34.6 Å². The van der Waals surface area contributed by atoms with Crippen molar-refractivity contribution < 1.29 is 9.53 Å². The highest BCUT2D eigenvalue weighted by Gasteiger charge is 2.29. The number of nitrogens with zero attached hydrogens (tertiary/aromatic N) is 4. The molecule has 6 heteroatoms. The molecule has 1 aromatic carbocycles. The molecule has 0 spiro atoms. The van der Waals surface area contributed by atoms with Crippen molar-refractivity contribution in [3.8, 4) is 11.4 Å². The molecule has 2 aliphatic rings. The third-order valence-electron chi connectivity index (χ3n) is 7.60. The zero-order valence-corrected chi connectivity index (χ0v) is 22.9. The molecule has 1 saturated carbocycles. The molecule has 2 aromatic rings. The van der Waals surface area contributed by atoms with E-state index in [1.54, 1.807) is 0 Å². The van der Waals surface area contributed by atoms with E-state index in [9.17, 15) is 4.79 Å². The number of aromatic nitrogens is 3. The van der Waals surface area contributed by atoms with Gasteiger partial charge < -0.3 is 9.64 Å². The summed E-state index contributed by atoms with van der Waals surface area (Å²) in [5, 5.41) is 4.84. The van der Waals surface area contributed by atoms with E-state index in [1.807, 2.05) is 9.58 Å². The number of carbonyl (C=O) groups excluding carboxylic acids is 1. The van der Waals surface area contributed by atoms with Crippen LogP contribution < -0.4 is 0 Å². The van der Waals surface area contributed by atoms with Crippen molar-refractivity contribution in [1.82, 2.24) is 19.7 Å². The van der Waals surface area contributed by atoms with Gasteiger partial charge in [0, 0.05) is 25.2 Å². The second kappa shape index (κ2) is 10.0. The van der Waals surface area contributed by atoms with E-state index in [1.165, 1.54) is 48.8 Å². The van der Waals surface area contributed by atoms with Crippen LogP contribution in [0.5, 0.6) is 0 Å².